The third kappa shape index (κ3) is 4.53. The summed E-state index contributed by atoms with van der Waals surface area (Å²) in [5.74, 6) is -0.163. The number of hydrogen-bond donors (Lipinski definition) is 1. The van der Waals surface area contributed by atoms with Gasteiger partial charge in [0, 0.05) is 45.8 Å². The summed E-state index contributed by atoms with van der Waals surface area (Å²) >= 11 is 7.53. The van der Waals surface area contributed by atoms with Gasteiger partial charge in [0.05, 0.1) is 10.8 Å². The van der Waals surface area contributed by atoms with Gasteiger partial charge in [-0.3, -0.25) is 14.6 Å². The predicted octanol–water partition coefficient (Wildman–Crippen LogP) is 5.85. The Hall–Kier alpha value is -3.48. The van der Waals surface area contributed by atoms with Gasteiger partial charge in [-0.05, 0) is 60.5 Å². The maximum absolute atomic E-state index is 13.1. The number of carbonyl (C=O) groups is 2. The van der Waals surface area contributed by atoms with E-state index >= 15 is 0 Å². The van der Waals surface area contributed by atoms with Crippen molar-refractivity contribution in [3.63, 3.8) is 0 Å². The van der Waals surface area contributed by atoms with E-state index in [2.05, 4.69) is 10.3 Å². The van der Waals surface area contributed by atoms with Gasteiger partial charge in [0.25, 0.3) is 5.91 Å². The van der Waals surface area contributed by atoms with Crippen molar-refractivity contribution in [2.24, 2.45) is 0 Å². The Labute approximate surface area is 200 Å². The van der Waals surface area contributed by atoms with Gasteiger partial charge in [-0.15, -0.1) is 11.3 Å². The predicted molar refractivity (Wildman–Crippen MR) is 133 cm³/mol. The van der Waals surface area contributed by atoms with Crippen molar-refractivity contribution in [1.29, 1.82) is 0 Å². The highest BCUT2D eigenvalue weighted by atomic mass is 35.5. The number of rotatable bonds is 5. The lowest BCUT2D eigenvalue weighted by atomic mass is 10.0. The van der Waals surface area contributed by atoms with E-state index < -0.39 is 0 Å². The van der Waals surface area contributed by atoms with Crippen LogP contribution in [0.3, 0.4) is 0 Å². The first kappa shape index (κ1) is 21.4. The van der Waals surface area contributed by atoms with E-state index in [9.17, 15) is 9.59 Å². The Morgan fingerprint density at radius 3 is 2.67 bits per heavy atom. The smallest absolute Gasteiger partial charge is 0.256 e. The van der Waals surface area contributed by atoms with Crippen LogP contribution in [-0.2, 0) is 17.6 Å². The summed E-state index contributed by atoms with van der Waals surface area (Å²) in [6.45, 7) is 0.625. The summed E-state index contributed by atoms with van der Waals surface area (Å²) in [5.41, 5.74) is 4.83. The Bertz CT molecular complexity index is 1340. The quantitative estimate of drug-likeness (QED) is 0.395. The van der Waals surface area contributed by atoms with Crippen molar-refractivity contribution in [3.8, 4) is 10.4 Å². The molecule has 0 fully saturated rings. The highest BCUT2D eigenvalue weighted by molar-refractivity contribution is 7.19. The van der Waals surface area contributed by atoms with Crippen LogP contribution in [0, 0.1) is 0 Å². The van der Waals surface area contributed by atoms with Crippen LogP contribution in [0.1, 0.15) is 21.6 Å². The molecule has 0 saturated heterocycles. The summed E-state index contributed by atoms with van der Waals surface area (Å²) in [4.78, 5) is 32.9. The first-order valence-electron chi connectivity index (χ1n) is 10.6. The van der Waals surface area contributed by atoms with Crippen LogP contribution >= 0.6 is 22.9 Å². The third-order valence-corrected chi connectivity index (χ3v) is 6.87. The summed E-state index contributed by atoms with van der Waals surface area (Å²) < 4.78 is 0.681. The Kier molecular flexibility index (Phi) is 5.94. The van der Waals surface area contributed by atoms with Gasteiger partial charge < -0.3 is 10.2 Å². The molecule has 5 rings (SSSR count). The fourth-order valence-electron chi connectivity index (χ4n) is 4.05. The van der Waals surface area contributed by atoms with Crippen molar-refractivity contribution < 1.29 is 9.59 Å². The lowest BCUT2D eigenvalue weighted by molar-refractivity contribution is -0.117. The molecule has 33 heavy (non-hydrogen) atoms. The van der Waals surface area contributed by atoms with Crippen LogP contribution in [0.5, 0.6) is 0 Å². The number of pyridine rings is 1. The monoisotopic (exact) mass is 473 g/mol. The van der Waals surface area contributed by atoms with E-state index in [4.69, 9.17) is 11.6 Å². The van der Waals surface area contributed by atoms with Crippen LogP contribution in [0.25, 0.3) is 10.4 Å². The average Bonchev–Trinajstić information content (AvgIpc) is 3.45. The largest absolute Gasteiger partial charge is 0.322 e. The van der Waals surface area contributed by atoms with Gasteiger partial charge in [0.2, 0.25) is 5.91 Å². The molecule has 1 aliphatic rings. The highest BCUT2D eigenvalue weighted by Crippen LogP contribution is 2.34. The molecule has 0 bridgehead atoms. The van der Waals surface area contributed by atoms with E-state index in [1.165, 1.54) is 11.3 Å². The number of benzene rings is 2. The fourth-order valence-corrected chi connectivity index (χ4v) is 5.13. The van der Waals surface area contributed by atoms with Gasteiger partial charge in [-0.1, -0.05) is 35.9 Å². The first-order valence-corrected chi connectivity index (χ1v) is 11.8. The number of aromatic nitrogens is 1. The van der Waals surface area contributed by atoms with E-state index in [-0.39, 0.29) is 18.2 Å². The van der Waals surface area contributed by atoms with Crippen molar-refractivity contribution in [2.75, 3.05) is 16.8 Å². The van der Waals surface area contributed by atoms with Crippen LogP contribution in [0.2, 0.25) is 4.34 Å². The second-order valence-corrected chi connectivity index (χ2v) is 9.46. The van der Waals surface area contributed by atoms with Crippen molar-refractivity contribution >= 4 is 46.1 Å². The zero-order chi connectivity index (χ0) is 22.8. The highest BCUT2D eigenvalue weighted by Gasteiger charge is 2.25. The molecule has 2 aromatic heterocycles. The third-order valence-electron chi connectivity index (χ3n) is 5.60. The molecule has 5 nitrogen and oxygen atoms in total. The Morgan fingerprint density at radius 1 is 1.03 bits per heavy atom. The summed E-state index contributed by atoms with van der Waals surface area (Å²) in [5, 5.41) is 3.01. The molecule has 7 heteroatoms. The standard InChI is InChI=1S/C26H20ClN3O2S/c27-24-11-10-23(33-24)20-6-1-2-7-21(20)26(32)29-19-8-9-22-17(15-19)12-14-30(22)25(31)16-18-5-3-4-13-28-18/h1-11,13,15H,12,14,16H2,(H,29,32). The molecule has 0 saturated carbocycles. The Balaban J connectivity index is 1.33. The van der Waals surface area contributed by atoms with Gasteiger partial charge in [-0.25, -0.2) is 0 Å². The summed E-state index contributed by atoms with van der Waals surface area (Å²) in [6, 6.07) is 22.5. The lowest BCUT2D eigenvalue weighted by Crippen LogP contribution is -2.30. The number of thiophene rings is 1. The summed E-state index contributed by atoms with van der Waals surface area (Å²) in [6.07, 6.45) is 2.71. The lowest BCUT2D eigenvalue weighted by Gasteiger charge is -2.17. The normalized spacial score (nSPS) is 12.5. The molecule has 0 unspecified atom stereocenters. The number of amides is 2. The molecule has 0 spiro atoms. The van der Waals surface area contributed by atoms with Crippen LogP contribution in [0.15, 0.2) is 79.0 Å². The molecular weight excluding hydrogens is 454 g/mol. The van der Waals surface area contributed by atoms with Crippen molar-refractivity contribution in [2.45, 2.75) is 12.8 Å². The molecule has 0 radical (unpaired) electrons. The molecule has 2 amide bonds. The topological polar surface area (TPSA) is 62.3 Å². The van der Waals surface area contributed by atoms with E-state index in [1.807, 2.05) is 72.8 Å². The molecule has 1 aliphatic heterocycles. The molecular formula is C26H20ClN3O2S. The van der Waals surface area contributed by atoms with Crippen LogP contribution in [-0.4, -0.2) is 23.3 Å². The van der Waals surface area contributed by atoms with Crippen molar-refractivity contribution in [1.82, 2.24) is 4.98 Å². The molecule has 0 aliphatic carbocycles. The Morgan fingerprint density at radius 2 is 1.88 bits per heavy atom. The van der Waals surface area contributed by atoms with Gasteiger partial charge in [0.15, 0.2) is 0 Å². The SMILES string of the molecule is O=C(Nc1ccc2c(c1)CCN2C(=O)Cc1ccccn1)c1ccccc1-c1ccc(Cl)s1. The van der Waals surface area contributed by atoms with E-state index in [0.717, 1.165) is 33.8 Å². The van der Waals surface area contributed by atoms with E-state index in [1.54, 1.807) is 11.1 Å². The maximum Gasteiger partial charge on any atom is 0.256 e. The minimum atomic E-state index is -0.184. The average molecular weight is 474 g/mol. The zero-order valence-corrected chi connectivity index (χ0v) is 19.2. The number of carbonyl (C=O) groups excluding carboxylic acids is 2. The molecule has 4 aromatic rings. The molecule has 0 atom stereocenters. The van der Waals surface area contributed by atoms with Crippen LogP contribution in [0.4, 0.5) is 11.4 Å². The van der Waals surface area contributed by atoms with Gasteiger partial charge in [-0.2, -0.15) is 0 Å². The van der Waals surface area contributed by atoms with Crippen LogP contribution < -0.4 is 10.2 Å². The molecule has 2 aromatic carbocycles. The summed E-state index contributed by atoms with van der Waals surface area (Å²) in [7, 11) is 0. The first-order chi connectivity index (χ1) is 16.1. The number of fused-ring (bicyclic) bond motifs is 1. The molecule has 164 valence electrons. The number of halogens is 1. The number of anilines is 2. The molecule has 3 heterocycles. The second kappa shape index (κ2) is 9.17. The number of nitrogens with one attached hydrogen (secondary N) is 1. The zero-order valence-electron chi connectivity index (χ0n) is 17.6. The number of hydrogen-bond acceptors (Lipinski definition) is 4. The van der Waals surface area contributed by atoms with Gasteiger partial charge >= 0.3 is 0 Å². The minimum absolute atomic E-state index is 0.0211. The fraction of sp³-hybridized carbons (Fsp3) is 0.115. The maximum atomic E-state index is 13.1. The van der Waals surface area contributed by atoms with Gasteiger partial charge in [0.1, 0.15) is 0 Å². The molecule has 1 N–H and O–H groups in total. The minimum Gasteiger partial charge on any atom is -0.322 e. The van der Waals surface area contributed by atoms with Crippen molar-refractivity contribution in [3.05, 3.63) is 100 Å². The number of nitrogens with zero attached hydrogens (tertiary/aromatic N) is 2. The second-order valence-electron chi connectivity index (χ2n) is 7.74. The van der Waals surface area contributed by atoms with E-state index in [0.29, 0.717) is 22.1 Å².